The van der Waals surface area contributed by atoms with Gasteiger partial charge in [-0.05, 0) is 0 Å². The maximum atomic E-state index is 10.2. The predicted molar refractivity (Wildman–Crippen MR) is 31.5 cm³/mol. The molecule has 0 spiro atoms. The molecule has 0 radical (unpaired) electrons. The van der Waals surface area contributed by atoms with Gasteiger partial charge in [0.15, 0.2) is 0 Å². The molecule has 0 atom stereocenters. The highest BCUT2D eigenvalue weighted by atomic mass is 16.4. The van der Waals surface area contributed by atoms with Crippen molar-refractivity contribution in [2.45, 2.75) is 0 Å². The molecule has 7 heteroatoms. The summed E-state index contributed by atoms with van der Waals surface area (Å²) in [5.41, 5.74) is 5.78. The summed E-state index contributed by atoms with van der Waals surface area (Å²) in [6, 6.07) is -0.693. The van der Waals surface area contributed by atoms with Crippen LogP contribution in [0.5, 0.6) is 0 Å². The standard InChI is InChI=1S/C3H8N4O3/c4-6-3(10)7-5-1-2(8)9/h5H,1,4H2,(H,8,9)(H2,6,7,10). The van der Waals surface area contributed by atoms with Gasteiger partial charge in [-0.3, -0.25) is 15.6 Å². The number of hydrogen-bond donors (Lipinski definition) is 5. The fourth-order valence-electron chi connectivity index (χ4n) is 0.236. The molecular weight excluding hydrogens is 140 g/mol. The molecule has 0 bridgehead atoms. The fourth-order valence-corrected chi connectivity index (χ4v) is 0.236. The molecule has 0 unspecified atom stereocenters. The number of hydrazine groups is 2. The first-order valence-electron chi connectivity index (χ1n) is 2.38. The van der Waals surface area contributed by atoms with Crippen LogP contribution in [-0.4, -0.2) is 23.7 Å². The Bertz CT molecular complexity index is 136. The maximum absolute atomic E-state index is 10.2. The lowest BCUT2D eigenvalue weighted by molar-refractivity contribution is -0.136. The minimum atomic E-state index is -1.07. The van der Waals surface area contributed by atoms with Gasteiger partial charge in [0, 0.05) is 0 Å². The quantitative estimate of drug-likeness (QED) is 0.176. The second-order valence-corrected chi connectivity index (χ2v) is 1.35. The Hall–Kier alpha value is -1.34. The Labute approximate surface area is 56.5 Å². The zero-order valence-electron chi connectivity index (χ0n) is 5.05. The largest absolute Gasteiger partial charge is 0.480 e. The van der Waals surface area contributed by atoms with E-state index in [1.54, 1.807) is 5.43 Å². The molecule has 0 aromatic heterocycles. The molecule has 0 saturated carbocycles. The molecule has 0 aliphatic carbocycles. The summed E-state index contributed by atoms with van der Waals surface area (Å²) in [4.78, 5) is 20.0. The molecular formula is C3H8N4O3. The van der Waals surface area contributed by atoms with Gasteiger partial charge in [-0.1, -0.05) is 0 Å². The molecule has 0 aromatic carbocycles. The molecule has 2 amide bonds. The van der Waals surface area contributed by atoms with Crippen molar-refractivity contribution in [3.63, 3.8) is 0 Å². The molecule has 0 rings (SSSR count). The predicted octanol–water partition coefficient (Wildman–Crippen LogP) is -2.25. The van der Waals surface area contributed by atoms with Gasteiger partial charge < -0.3 is 5.11 Å². The van der Waals surface area contributed by atoms with Crippen LogP contribution in [0.1, 0.15) is 0 Å². The van der Waals surface area contributed by atoms with Crippen molar-refractivity contribution in [3.05, 3.63) is 0 Å². The third kappa shape index (κ3) is 4.81. The van der Waals surface area contributed by atoms with Crippen LogP contribution in [-0.2, 0) is 4.79 Å². The molecule has 0 saturated heterocycles. The summed E-state index contributed by atoms with van der Waals surface area (Å²) in [5.74, 6) is 3.57. The number of aliphatic carboxylic acids is 1. The Morgan fingerprint density at radius 1 is 1.50 bits per heavy atom. The normalized spacial score (nSPS) is 8.50. The molecule has 0 heterocycles. The van der Waals surface area contributed by atoms with E-state index in [9.17, 15) is 9.59 Å². The molecule has 0 aliphatic rings. The molecule has 0 fully saturated rings. The molecule has 10 heavy (non-hydrogen) atoms. The smallest absolute Gasteiger partial charge is 0.343 e. The van der Waals surface area contributed by atoms with Crippen LogP contribution in [0.4, 0.5) is 4.79 Å². The Morgan fingerprint density at radius 2 is 2.10 bits per heavy atom. The highest BCUT2D eigenvalue weighted by Gasteiger charge is 1.96. The maximum Gasteiger partial charge on any atom is 0.343 e. The first-order valence-corrected chi connectivity index (χ1v) is 2.38. The minimum Gasteiger partial charge on any atom is -0.480 e. The van der Waals surface area contributed by atoms with Gasteiger partial charge in [0.25, 0.3) is 0 Å². The number of carbonyl (C=O) groups is 2. The second-order valence-electron chi connectivity index (χ2n) is 1.35. The van der Waals surface area contributed by atoms with Crippen LogP contribution in [0, 0.1) is 0 Å². The van der Waals surface area contributed by atoms with Crippen molar-refractivity contribution >= 4 is 12.0 Å². The molecule has 7 nitrogen and oxygen atoms in total. The monoisotopic (exact) mass is 148 g/mol. The third-order valence-corrected chi connectivity index (χ3v) is 0.573. The summed E-state index contributed by atoms with van der Waals surface area (Å²) in [7, 11) is 0. The summed E-state index contributed by atoms with van der Waals surface area (Å²) >= 11 is 0. The van der Waals surface area contributed by atoms with Crippen molar-refractivity contribution in [1.82, 2.24) is 16.3 Å². The minimum absolute atomic E-state index is 0.354. The van der Waals surface area contributed by atoms with E-state index in [2.05, 4.69) is 11.3 Å². The molecule has 0 aliphatic heterocycles. The van der Waals surface area contributed by atoms with E-state index in [-0.39, 0.29) is 6.54 Å². The fraction of sp³-hybridized carbons (Fsp3) is 0.333. The number of carboxylic acids is 1. The third-order valence-electron chi connectivity index (χ3n) is 0.573. The van der Waals surface area contributed by atoms with E-state index in [1.165, 1.54) is 0 Å². The highest BCUT2D eigenvalue weighted by molar-refractivity contribution is 5.73. The van der Waals surface area contributed by atoms with Gasteiger partial charge in [-0.2, -0.15) is 0 Å². The lowest BCUT2D eigenvalue weighted by atomic mass is 10.7. The van der Waals surface area contributed by atoms with Gasteiger partial charge in [0.1, 0.15) is 6.54 Å². The van der Waals surface area contributed by atoms with Crippen LogP contribution in [0.25, 0.3) is 0 Å². The van der Waals surface area contributed by atoms with Crippen LogP contribution in [0.3, 0.4) is 0 Å². The van der Waals surface area contributed by atoms with E-state index in [0.29, 0.717) is 0 Å². The first kappa shape index (κ1) is 8.66. The Balaban J connectivity index is 3.20. The lowest BCUT2D eigenvalue weighted by Gasteiger charge is -2.01. The van der Waals surface area contributed by atoms with Crippen LogP contribution < -0.4 is 22.1 Å². The van der Waals surface area contributed by atoms with Crippen molar-refractivity contribution in [1.29, 1.82) is 0 Å². The number of amides is 2. The molecule has 58 valence electrons. The Morgan fingerprint density at radius 3 is 2.50 bits per heavy atom. The highest BCUT2D eigenvalue weighted by Crippen LogP contribution is 1.56. The van der Waals surface area contributed by atoms with E-state index in [4.69, 9.17) is 5.11 Å². The van der Waals surface area contributed by atoms with E-state index >= 15 is 0 Å². The van der Waals surface area contributed by atoms with E-state index in [0.717, 1.165) is 0 Å². The van der Waals surface area contributed by atoms with Gasteiger partial charge in [0.05, 0.1) is 0 Å². The number of urea groups is 1. The zero-order valence-corrected chi connectivity index (χ0v) is 5.05. The number of carboxylic acid groups (broad SMARTS) is 1. The number of nitrogens with one attached hydrogen (secondary N) is 3. The van der Waals surface area contributed by atoms with Gasteiger partial charge in [0.2, 0.25) is 0 Å². The number of nitrogens with two attached hydrogens (primary N) is 1. The number of hydrogen-bond acceptors (Lipinski definition) is 4. The summed E-state index contributed by atoms with van der Waals surface area (Å²) < 4.78 is 0. The second kappa shape index (κ2) is 4.53. The summed E-state index contributed by atoms with van der Waals surface area (Å²) in [5, 5.41) is 8.03. The Kier molecular flexibility index (Phi) is 3.92. The van der Waals surface area contributed by atoms with Crippen molar-refractivity contribution in [3.8, 4) is 0 Å². The van der Waals surface area contributed by atoms with Gasteiger partial charge >= 0.3 is 12.0 Å². The van der Waals surface area contributed by atoms with Gasteiger partial charge in [-0.15, -0.1) is 0 Å². The number of carbonyl (C=O) groups excluding carboxylic acids is 1. The first-order chi connectivity index (χ1) is 4.66. The van der Waals surface area contributed by atoms with E-state index < -0.39 is 12.0 Å². The summed E-state index contributed by atoms with van der Waals surface area (Å²) in [6.07, 6.45) is 0. The average Bonchev–Trinajstić information content (AvgIpc) is 1.87. The van der Waals surface area contributed by atoms with Crippen LogP contribution >= 0.6 is 0 Å². The SMILES string of the molecule is NNC(=O)NNCC(=O)O. The summed E-state index contributed by atoms with van der Waals surface area (Å²) in [6.45, 7) is -0.354. The van der Waals surface area contributed by atoms with Crippen molar-refractivity contribution in [2.75, 3.05) is 6.54 Å². The topological polar surface area (TPSA) is 116 Å². The van der Waals surface area contributed by atoms with Crippen molar-refractivity contribution in [2.24, 2.45) is 5.84 Å². The average molecular weight is 148 g/mol. The van der Waals surface area contributed by atoms with E-state index in [1.807, 2.05) is 5.43 Å². The molecule has 0 aromatic rings. The zero-order chi connectivity index (χ0) is 7.98. The van der Waals surface area contributed by atoms with Crippen LogP contribution in [0.2, 0.25) is 0 Å². The van der Waals surface area contributed by atoms with Crippen molar-refractivity contribution < 1.29 is 14.7 Å². The van der Waals surface area contributed by atoms with Gasteiger partial charge in [-0.25, -0.2) is 16.1 Å². The number of rotatable bonds is 3. The molecule has 6 N–H and O–H groups in total. The van der Waals surface area contributed by atoms with Crippen LogP contribution in [0.15, 0.2) is 0 Å². The lowest BCUT2D eigenvalue weighted by Crippen LogP contribution is -2.48.